The monoisotopic (exact) mass is 455 g/mol. The first-order valence-electron chi connectivity index (χ1n) is 11.5. The van der Waals surface area contributed by atoms with Crippen LogP contribution in [-0.2, 0) is 21.3 Å². The minimum atomic E-state index is -0.557. The van der Waals surface area contributed by atoms with Gasteiger partial charge >= 0.3 is 5.69 Å². The highest BCUT2D eigenvalue weighted by Crippen LogP contribution is 2.36. The first kappa shape index (κ1) is 22.8. The molecular formula is C24H25B3FN3O3. The van der Waals surface area contributed by atoms with Gasteiger partial charge in [0, 0.05) is 23.4 Å². The summed E-state index contributed by atoms with van der Waals surface area (Å²) in [5.41, 5.74) is 2.54. The Labute approximate surface area is 200 Å². The highest BCUT2D eigenvalue weighted by atomic mass is 19.1. The van der Waals surface area contributed by atoms with Crippen molar-refractivity contribution in [3.05, 3.63) is 63.8 Å². The van der Waals surface area contributed by atoms with Crippen molar-refractivity contribution in [2.45, 2.75) is 18.8 Å². The minimum Gasteiger partial charge on any atom is -0.378 e. The molecule has 0 radical (unpaired) electrons. The van der Waals surface area contributed by atoms with E-state index in [2.05, 4.69) is 23.7 Å². The van der Waals surface area contributed by atoms with Crippen molar-refractivity contribution in [3.8, 4) is 11.8 Å². The number of nitrogens with zero attached hydrogens (tertiary/aromatic N) is 3. The zero-order valence-corrected chi connectivity index (χ0v) is 19.9. The summed E-state index contributed by atoms with van der Waals surface area (Å²) in [5.74, 6) is 6.52. The molecule has 0 saturated carbocycles. The normalized spacial score (nSPS) is 17.3. The summed E-state index contributed by atoms with van der Waals surface area (Å²) in [6.07, 6.45) is 0. The van der Waals surface area contributed by atoms with Crippen LogP contribution < -0.4 is 10.6 Å². The van der Waals surface area contributed by atoms with E-state index in [1.807, 2.05) is 46.6 Å². The third kappa shape index (κ3) is 3.93. The topological polar surface area (TPSA) is 56.6 Å². The summed E-state index contributed by atoms with van der Waals surface area (Å²) in [6.45, 7) is 4.55. The SMILES string of the molecule is BC(B)(B)n1c(=O)nc(N2CCOCc3c(C#CC4(C)COC4)cccc32)c2c(F)cccc21. The molecule has 2 aliphatic rings. The number of rotatable bonds is 2. The van der Waals surface area contributed by atoms with Crippen LogP contribution in [0.25, 0.3) is 10.9 Å². The van der Waals surface area contributed by atoms with E-state index in [9.17, 15) is 4.79 Å². The van der Waals surface area contributed by atoms with Crippen molar-refractivity contribution in [2.75, 3.05) is 31.3 Å². The van der Waals surface area contributed by atoms with E-state index in [0.29, 0.717) is 49.7 Å². The first-order valence-corrected chi connectivity index (χ1v) is 11.5. The third-order valence-electron chi connectivity index (χ3n) is 6.26. The number of hydrogen-bond donors (Lipinski definition) is 0. The Hall–Kier alpha value is -3.02. The van der Waals surface area contributed by atoms with Gasteiger partial charge in [0.25, 0.3) is 0 Å². The van der Waals surface area contributed by atoms with Crippen molar-refractivity contribution < 1.29 is 13.9 Å². The van der Waals surface area contributed by atoms with Gasteiger partial charge in [-0.05, 0) is 36.4 Å². The van der Waals surface area contributed by atoms with Gasteiger partial charge in [0.05, 0.1) is 42.7 Å². The molecule has 6 nitrogen and oxygen atoms in total. The van der Waals surface area contributed by atoms with Gasteiger partial charge in [-0.1, -0.05) is 24.0 Å². The van der Waals surface area contributed by atoms with Crippen LogP contribution in [0.2, 0.25) is 0 Å². The summed E-state index contributed by atoms with van der Waals surface area (Å²) < 4.78 is 28.1. The number of hydrogen-bond acceptors (Lipinski definition) is 5. The molecule has 0 atom stereocenters. The minimum absolute atomic E-state index is 0.146. The van der Waals surface area contributed by atoms with E-state index in [4.69, 9.17) is 9.47 Å². The lowest BCUT2D eigenvalue weighted by Crippen LogP contribution is -2.44. The predicted molar refractivity (Wildman–Crippen MR) is 138 cm³/mol. The molecule has 2 aromatic carbocycles. The van der Waals surface area contributed by atoms with Crippen LogP contribution in [0.3, 0.4) is 0 Å². The Morgan fingerprint density at radius 2 is 1.91 bits per heavy atom. The van der Waals surface area contributed by atoms with Gasteiger partial charge in [0.15, 0.2) is 5.82 Å². The van der Waals surface area contributed by atoms with Gasteiger partial charge < -0.3 is 18.9 Å². The molecule has 0 unspecified atom stereocenters. The molecule has 5 rings (SSSR count). The summed E-state index contributed by atoms with van der Waals surface area (Å²) in [5, 5.41) is -0.237. The van der Waals surface area contributed by atoms with Gasteiger partial charge in [-0.15, -0.1) is 0 Å². The second kappa shape index (κ2) is 8.33. The van der Waals surface area contributed by atoms with Crippen molar-refractivity contribution in [3.63, 3.8) is 0 Å². The average molecular weight is 455 g/mol. The van der Waals surface area contributed by atoms with E-state index in [1.165, 1.54) is 6.07 Å². The molecule has 1 fully saturated rings. The fourth-order valence-electron chi connectivity index (χ4n) is 4.53. The molecule has 2 aliphatic heterocycles. The van der Waals surface area contributed by atoms with Gasteiger partial charge in [0.1, 0.15) is 29.4 Å². The zero-order chi connectivity index (χ0) is 24.1. The fourth-order valence-corrected chi connectivity index (χ4v) is 4.53. The fraction of sp³-hybridized carbons (Fsp3) is 0.333. The quantitative estimate of drug-likeness (QED) is 0.405. The molecule has 0 N–H and O–H groups in total. The van der Waals surface area contributed by atoms with E-state index in [-0.39, 0.29) is 5.41 Å². The molecule has 34 heavy (non-hydrogen) atoms. The summed E-state index contributed by atoms with van der Waals surface area (Å²) in [7, 11) is 5.73. The first-order chi connectivity index (χ1) is 16.2. The smallest absolute Gasteiger partial charge is 0.348 e. The maximum Gasteiger partial charge on any atom is 0.348 e. The van der Waals surface area contributed by atoms with Crippen molar-refractivity contribution in [1.29, 1.82) is 0 Å². The Morgan fingerprint density at radius 3 is 2.62 bits per heavy atom. The molecule has 1 aromatic heterocycles. The molecule has 170 valence electrons. The largest absolute Gasteiger partial charge is 0.378 e. The molecule has 0 amide bonds. The average Bonchev–Trinajstić information content (AvgIpc) is 2.98. The Kier molecular flexibility index (Phi) is 5.58. The Bertz CT molecular complexity index is 1400. The number of fused-ring (bicyclic) bond motifs is 2. The number of halogens is 1. The van der Waals surface area contributed by atoms with E-state index < -0.39 is 16.7 Å². The van der Waals surface area contributed by atoms with Gasteiger partial charge in [-0.2, -0.15) is 4.98 Å². The third-order valence-corrected chi connectivity index (χ3v) is 6.26. The molecular weight excluding hydrogens is 430 g/mol. The number of benzene rings is 2. The maximum atomic E-state index is 15.3. The lowest BCUT2D eigenvalue weighted by atomic mass is 9.49. The standard InChI is InChI=1S/C24H25B3FN3O3/c1-23(13-34-14-23)9-8-15-4-2-6-18-16(15)12-33-11-10-30(18)21-20-17(28)5-3-7-19(20)31(22(32)29-21)24(25,26)27/h2-7H,10-14,25-27H2,1H3. The highest BCUT2D eigenvalue weighted by molar-refractivity contribution is 6.56. The van der Waals surface area contributed by atoms with Gasteiger partial charge in [-0.3, -0.25) is 0 Å². The second-order valence-electron chi connectivity index (χ2n) is 10.2. The molecule has 3 aromatic rings. The van der Waals surface area contributed by atoms with E-state index >= 15 is 4.39 Å². The van der Waals surface area contributed by atoms with Crippen molar-refractivity contribution >= 4 is 45.9 Å². The van der Waals surface area contributed by atoms with Gasteiger partial charge in [-0.25, -0.2) is 9.18 Å². The number of anilines is 2. The Morgan fingerprint density at radius 1 is 1.15 bits per heavy atom. The van der Waals surface area contributed by atoms with E-state index in [1.54, 1.807) is 16.7 Å². The summed E-state index contributed by atoms with van der Waals surface area (Å²) in [4.78, 5) is 19.5. The van der Waals surface area contributed by atoms with Crippen LogP contribution in [0, 0.1) is 23.1 Å². The summed E-state index contributed by atoms with van der Waals surface area (Å²) >= 11 is 0. The number of ether oxygens (including phenoxy) is 2. The zero-order valence-electron chi connectivity index (χ0n) is 19.9. The predicted octanol–water partition coefficient (Wildman–Crippen LogP) is 0.0590. The van der Waals surface area contributed by atoms with Crippen LogP contribution in [-0.4, -0.2) is 59.5 Å². The lowest BCUT2D eigenvalue weighted by Gasteiger charge is -2.32. The van der Waals surface area contributed by atoms with Crippen LogP contribution in [0.15, 0.2) is 41.2 Å². The molecule has 0 aliphatic carbocycles. The second-order valence-corrected chi connectivity index (χ2v) is 10.2. The molecule has 10 heteroatoms. The molecule has 1 saturated heterocycles. The van der Waals surface area contributed by atoms with Gasteiger partial charge in [0.2, 0.25) is 0 Å². The molecule has 3 heterocycles. The lowest BCUT2D eigenvalue weighted by molar-refractivity contribution is -0.0648. The maximum absolute atomic E-state index is 15.3. The van der Waals surface area contributed by atoms with Crippen molar-refractivity contribution in [1.82, 2.24) is 9.55 Å². The van der Waals surface area contributed by atoms with Crippen LogP contribution in [0.4, 0.5) is 15.9 Å². The molecule has 0 bridgehead atoms. The van der Waals surface area contributed by atoms with Crippen LogP contribution >= 0.6 is 0 Å². The van der Waals surface area contributed by atoms with Crippen molar-refractivity contribution in [2.24, 2.45) is 5.41 Å². The Balaban J connectivity index is 1.72. The molecule has 0 spiro atoms. The summed E-state index contributed by atoms with van der Waals surface area (Å²) in [6, 6.07) is 10.6. The van der Waals surface area contributed by atoms with Crippen LogP contribution in [0.5, 0.6) is 0 Å². The highest BCUT2D eigenvalue weighted by Gasteiger charge is 2.31. The van der Waals surface area contributed by atoms with E-state index in [0.717, 1.165) is 16.8 Å². The van der Waals surface area contributed by atoms with Crippen LogP contribution in [0.1, 0.15) is 18.1 Å². The number of aromatic nitrogens is 2.